The SMILES string of the molecule is COc1cc(/C(C)=N/NC(=O)c2cc(Cl)ccc2OC)ccc1O. The summed E-state index contributed by atoms with van der Waals surface area (Å²) in [4.78, 5) is 12.3. The monoisotopic (exact) mass is 348 g/mol. The van der Waals surface area contributed by atoms with Gasteiger partial charge in [0.25, 0.3) is 5.91 Å². The number of nitrogens with zero attached hydrogens (tertiary/aromatic N) is 1. The van der Waals surface area contributed by atoms with Crippen molar-refractivity contribution >= 4 is 23.2 Å². The zero-order chi connectivity index (χ0) is 17.7. The number of ether oxygens (including phenoxy) is 2. The maximum atomic E-state index is 12.3. The molecular weight excluding hydrogens is 332 g/mol. The molecule has 2 rings (SSSR count). The summed E-state index contributed by atoms with van der Waals surface area (Å²) in [6, 6.07) is 9.54. The van der Waals surface area contributed by atoms with Crippen LogP contribution in [0.1, 0.15) is 22.8 Å². The molecule has 2 N–H and O–H groups in total. The number of carbonyl (C=O) groups is 1. The van der Waals surface area contributed by atoms with Crippen LogP contribution in [0.25, 0.3) is 0 Å². The lowest BCUT2D eigenvalue weighted by molar-refractivity contribution is 0.0952. The molecule has 0 radical (unpaired) electrons. The third kappa shape index (κ3) is 3.97. The van der Waals surface area contributed by atoms with Crippen molar-refractivity contribution in [3.8, 4) is 17.2 Å². The maximum Gasteiger partial charge on any atom is 0.275 e. The lowest BCUT2D eigenvalue weighted by Gasteiger charge is -2.09. The second-order valence-electron chi connectivity index (χ2n) is 4.87. The van der Waals surface area contributed by atoms with Gasteiger partial charge in [0.2, 0.25) is 0 Å². The molecule has 0 aromatic heterocycles. The van der Waals surface area contributed by atoms with Gasteiger partial charge in [-0.15, -0.1) is 0 Å². The largest absolute Gasteiger partial charge is 0.504 e. The standard InChI is InChI=1S/C17H17ClN2O4/c1-10(11-4-6-14(21)16(8-11)24-3)19-20-17(22)13-9-12(18)5-7-15(13)23-2/h4-9,21H,1-3H3,(H,20,22)/b19-10+. The van der Waals surface area contributed by atoms with Crippen LogP contribution < -0.4 is 14.9 Å². The molecule has 2 aromatic rings. The Morgan fingerprint density at radius 1 is 1.12 bits per heavy atom. The molecule has 0 spiro atoms. The summed E-state index contributed by atoms with van der Waals surface area (Å²) in [7, 11) is 2.93. The Balaban J connectivity index is 2.21. The van der Waals surface area contributed by atoms with Gasteiger partial charge in [-0.05, 0) is 43.3 Å². The molecule has 0 bridgehead atoms. The van der Waals surface area contributed by atoms with Gasteiger partial charge in [0.05, 0.1) is 25.5 Å². The molecule has 0 saturated heterocycles. The van der Waals surface area contributed by atoms with E-state index in [4.69, 9.17) is 21.1 Å². The second kappa shape index (κ2) is 7.70. The molecule has 0 atom stereocenters. The summed E-state index contributed by atoms with van der Waals surface area (Å²) < 4.78 is 10.2. The zero-order valence-electron chi connectivity index (χ0n) is 13.5. The minimum Gasteiger partial charge on any atom is -0.504 e. The van der Waals surface area contributed by atoms with Crippen LogP contribution in [-0.4, -0.2) is 30.9 Å². The number of hydrogen-bond donors (Lipinski definition) is 2. The highest BCUT2D eigenvalue weighted by atomic mass is 35.5. The zero-order valence-corrected chi connectivity index (χ0v) is 14.2. The number of aromatic hydroxyl groups is 1. The highest BCUT2D eigenvalue weighted by Gasteiger charge is 2.13. The molecular formula is C17H17ClN2O4. The number of halogens is 1. The molecule has 126 valence electrons. The first-order chi connectivity index (χ1) is 11.5. The molecule has 0 aliphatic carbocycles. The van der Waals surface area contributed by atoms with E-state index < -0.39 is 5.91 Å². The van der Waals surface area contributed by atoms with Gasteiger partial charge in [-0.2, -0.15) is 5.10 Å². The van der Waals surface area contributed by atoms with Gasteiger partial charge < -0.3 is 14.6 Å². The van der Waals surface area contributed by atoms with Crippen LogP contribution in [-0.2, 0) is 0 Å². The number of hydrogen-bond acceptors (Lipinski definition) is 5. The molecule has 0 aliphatic heterocycles. The second-order valence-corrected chi connectivity index (χ2v) is 5.31. The van der Waals surface area contributed by atoms with E-state index in [1.165, 1.54) is 26.4 Å². The predicted octanol–water partition coefficient (Wildman–Crippen LogP) is 3.22. The van der Waals surface area contributed by atoms with E-state index in [0.717, 1.165) is 0 Å². The topological polar surface area (TPSA) is 80.2 Å². The molecule has 0 unspecified atom stereocenters. The molecule has 0 aliphatic rings. The third-order valence-electron chi connectivity index (χ3n) is 3.33. The minimum atomic E-state index is -0.445. The number of rotatable bonds is 5. The molecule has 7 heteroatoms. The van der Waals surface area contributed by atoms with Crippen molar-refractivity contribution < 1.29 is 19.4 Å². The average molecular weight is 349 g/mol. The third-order valence-corrected chi connectivity index (χ3v) is 3.56. The average Bonchev–Trinajstić information content (AvgIpc) is 2.59. The molecule has 6 nitrogen and oxygen atoms in total. The lowest BCUT2D eigenvalue weighted by atomic mass is 10.1. The Kier molecular flexibility index (Phi) is 5.65. The summed E-state index contributed by atoms with van der Waals surface area (Å²) in [6.07, 6.45) is 0. The number of amides is 1. The van der Waals surface area contributed by atoms with Crippen molar-refractivity contribution in [3.63, 3.8) is 0 Å². The molecule has 1 amide bonds. The van der Waals surface area contributed by atoms with Crippen LogP contribution in [0, 0.1) is 0 Å². The van der Waals surface area contributed by atoms with E-state index in [9.17, 15) is 9.90 Å². The summed E-state index contributed by atoms with van der Waals surface area (Å²) in [5, 5.41) is 14.1. The number of methoxy groups -OCH3 is 2. The Labute approximate surface area is 144 Å². The van der Waals surface area contributed by atoms with Crippen LogP contribution in [0.3, 0.4) is 0 Å². The first-order valence-electron chi connectivity index (χ1n) is 7.01. The van der Waals surface area contributed by atoms with Crippen LogP contribution in [0.4, 0.5) is 0 Å². The minimum absolute atomic E-state index is 0.0294. The van der Waals surface area contributed by atoms with Crippen molar-refractivity contribution in [3.05, 3.63) is 52.5 Å². The van der Waals surface area contributed by atoms with Crippen LogP contribution in [0.5, 0.6) is 17.2 Å². The molecule has 2 aromatic carbocycles. The molecule has 0 heterocycles. The van der Waals surface area contributed by atoms with Crippen LogP contribution in [0.2, 0.25) is 5.02 Å². The number of phenolic OH excluding ortho intramolecular Hbond substituents is 1. The van der Waals surface area contributed by atoms with Gasteiger partial charge >= 0.3 is 0 Å². The predicted molar refractivity (Wildman–Crippen MR) is 92.3 cm³/mol. The summed E-state index contributed by atoms with van der Waals surface area (Å²) in [6.45, 7) is 1.72. The van der Waals surface area contributed by atoms with E-state index in [2.05, 4.69) is 10.5 Å². The first-order valence-corrected chi connectivity index (χ1v) is 7.39. The number of nitrogens with one attached hydrogen (secondary N) is 1. The lowest BCUT2D eigenvalue weighted by Crippen LogP contribution is -2.20. The highest BCUT2D eigenvalue weighted by Crippen LogP contribution is 2.26. The van der Waals surface area contributed by atoms with Crippen molar-refractivity contribution in [2.45, 2.75) is 6.92 Å². The molecule has 0 saturated carbocycles. The first kappa shape index (κ1) is 17.6. The molecule has 24 heavy (non-hydrogen) atoms. The number of benzene rings is 2. The van der Waals surface area contributed by atoms with E-state index in [0.29, 0.717) is 27.8 Å². The normalized spacial score (nSPS) is 11.1. The fourth-order valence-corrected chi connectivity index (χ4v) is 2.19. The Hall–Kier alpha value is -2.73. The van der Waals surface area contributed by atoms with E-state index >= 15 is 0 Å². The van der Waals surface area contributed by atoms with E-state index in [-0.39, 0.29) is 11.3 Å². The van der Waals surface area contributed by atoms with Crippen LogP contribution >= 0.6 is 11.6 Å². The quantitative estimate of drug-likeness (QED) is 0.642. The van der Waals surface area contributed by atoms with Gasteiger partial charge in [-0.3, -0.25) is 4.79 Å². The van der Waals surface area contributed by atoms with Crippen molar-refractivity contribution in [1.29, 1.82) is 0 Å². The van der Waals surface area contributed by atoms with Gasteiger partial charge in [0.15, 0.2) is 11.5 Å². The van der Waals surface area contributed by atoms with Gasteiger partial charge in [0, 0.05) is 10.6 Å². The van der Waals surface area contributed by atoms with Crippen molar-refractivity contribution in [2.75, 3.05) is 14.2 Å². The fraction of sp³-hybridized carbons (Fsp3) is 0.176. The summed E-state index contributed by atoms with van der Waals surface area (Å²) in [5.74, 6) is 0.308. The summed E-state index contributed by atoms with van der Waals surface area (Å²) in [5.41, 5.74) is 3.98. The molecule has 0 fully saturated rings. The van der Waals surface area contributed by atoms with Crippen molar-refractivity contribution in [1.82, 2.24) is 5.43 Å². The van der Waals surface area contributed by atoms with E-state index in [1.807, 2.05) is 0 Å². The number of carbonyl (C=O) groups excluding carboxylic acids is 1. The number of phenols is 1. The Morgan fingerprint density at radius 3 is 2.50 bits per heavy atom. The van der Waals surface area contributed by atoms with Crippen LogP contribution in [0.15, 0.2) is 41.5 Å². The fourth-order valence-electron chi connectivity index (χ4n) is 2.02. The van der Waals surface area contributed by atoms with Gasteiger partial charge in [0.1, 0.15) is 5.75 Å². The maximum absolute atomic E-state index is 12.3. The van der Waals surface area contributed by atoms with E-state index in [1.54, 1.807) is 31.2 Å². The van der Waals surface area contributed by atoms with Gasteiger partial charge in [-0.1, -0.05) is 11.6 Å². The van der Waals surface area contributed by atoms with Gasteiger partial charge in [-0.25, -0.2) is 5.43 Å². The Morgan fingerprint density at radius 2 is 1.83 bits per heavy atom. The highest BCUT2D eigenvalue weighted by molar-refractivity contribution is 6.31. The summed E-state index contributed by atoms with van der Waals surface area (Å²) >= 11 is 5.92. The number of hydrazone groups is 1. The van der Waals surface area contributed by atoms with Crippen molar-refractivity contribution in [2.24, 2.45) is 5.10 Å². The smallest absolute Gasteiger partial charge is 0.275 e. The Bertz CT molecular complexity index is 790.